The van der Waals surface area contributed by atoms with Gasteiger partial charge in [0.1, 0.15) is 5.75 Å². The van der Waals surface area contributed by atoms with Crippen LogP contribution in [0.1, 0.15) is 35.8 Å². The number of methoxy groups -OCH3 is 1. The molecule has 4 rings (SSSR count). The van der Waals surface area contributed by atoms with Gasteiger partial charge < -0.3 is 15.4 Å². The Bertz CT molecular complexity index is 1010. The quantitative estimate of drug-likeness (QED) is 0.623. The second-order valence-corrected chi connectivity index (χ2v) is 7.38. The molecule has 31 heavy (non-hydrogen) atoms. The number of ether oxygens (including phenoxy) is 1. The summed E-state index contributed by atoms with van der Waals surface area (Å²) in [6.45, 7) is 1.37. The standard InChI is InChI=1S/C21H23F3N6O/c1-31-18-10-9-16(30-20(21(22,23)24)27-28-29-30)12-15(18)13-26-17-8-5-11-25-19(17)14-6-3-2-4-7-14/h2-4,6-7,9-10,12,17,19,25-26H,5,8,11,13H2,1H3/t17-,19?/m0/s1. The van der Waals surface area contributed by atoms with E-state index in [1.54, 1.807) is 12.1 Å². The van der Waals surface area contributed by atoms with Crippen LogP contribution in [0.25, 0.3) is 5.69 Å². The van der Waals surface area contributed by atoms with Gasteiger partial charge >= 0.3 is 6.18 Å². The van der Waals surface area contributed by atoms with E-state index in [1.165, 1.54) is 18.7 Å². The van der Waals surface area contributed by atoms with Gasteiger partial charge in [0.2, 0.25) is 0 Å². The second kappa shape index (κ2) is 9.03. The number of hydrogen-bond acceptors (Lipinski definition) is 6. The molecule has 2 atom stereocenters. The minimum absolute atomic E-state index is 0.153. The van der Waals surface area contributed by atoms with Crippen LogP contribution in [-0.4, -0.2) is 39.9 Å². The molecule has 0 saturated carbocycles. The van der Waals surface area contributed by atoms with E-state index in [-0.39, 0.29) is 17.8 Å². The summed E-state index contributed by atoms with van der Waals surface area (Å²) in [7, 11) is 1.53. The summed E-state index contributed by atoms with van der Waals surface area (Å²) in [6, 6.07) is 15.3. The molecule has 1 saturated heterocycles. The zero-order valence-electron chi connectivity index (χ0n) is 16.9. The Kier molecular flexibility index (Phi) is 6.19. The number of rotatable bonds is 6. The lowest BCUT2D eigenvalue weighted by atomic mass is 9.92. The molecule has 0 spiro atoms. The van der Waals surface area contributed by atoms with Gasteiger partial charge in [0.15, 0.2) is 0 Å². The molecule has 7 nitrogen and oxygen atoms in total. The molecule has 3 aromatic rings. The largest absolute Gasteiger partial charge is 0.496 e. The fourth-order valence-electron chi connectivity index (χ4n) is 3.93. The van der Waals surface area contributed by atoms with Crippen molar-refractivity contribution in [2.45, 2.75) is 37.6 Å². The van der Waals surface area contributed by atoms with Gasteiger partial charge in [-0.15, -0.1) is 5.10 Å². The maximum absolute atomic E-state index is 13.2. The van der Waals surface area contributed by atoms with E-state index >= 15 is 0 Å². The molecule has 0 radical (unpaired) electrons. The molecule has 0 amide bonds. The van der Waals surface area contributed by atoms with Crippen molar-refractivity contribution in [3.63, 3.8) is 0 Å². The predicted molar refractivity (Wildman–Crippen MR) is 108 cm³/mol. The first-order valence-corrected chi connectivity index (χ1v) is 10.0. The van der Waals surface area contributed by atoms with Crippen molar-refractivity contribution >= 4 is 0 Å². The smallest absolute Gasteiger partial charge is 0.453 e. The number of nitrogens with one attached hydrogen (secondary N) is 2. The molecule has 1 fully saturated rings. The molecule has 1 aliphatic heterocycles. The summed E-state index contributed by atoms with van der Waals surface area (Å²) in [5.41, 5.74) is 2.14. The highest BCUT2D eigenvalue weighted by Crippen LogP contribution is 2.30. The average Bonchev–Trinajstić information content (AvgIpc) is 3.29. The monoisotopic (exact) mass is 432 g/mol. The number of halogens is 3. The lowest BCUT2D eigenvalue weighted by molar-refractivity contribution is -0.146. The van der Waals surface area contributed by atoms with Crippen LogP contribution in [-0.2, 0) is 12.7 Å². The maximum atomic E-state index is 13.2. The normalized spacial score (nSPS) is 19.4. The van der Waals surface area contributed by atoms with Crippen LogP contribution in [0.15, 0.2) is 48.5 Å². The molecular formula is C21H23F3N6O. The third-order valence-electron chi connectivity index (χ3n) is 5.40. The molecule has 1 unspecified atom stereocenters. The highest BCUT2D eigenvalue weighted by molar-refractivity contribution is 5.44. The summed E-state index contributed by atoms with van der Waals surface area (Å²) in [4.78, 5) is 0. The van der Waals surface area contributed by atoms with Crippen LogP contribution >= 0.6 is 0 Å². The van der Waals surface area contributed by atoms with Crippen LogP contribution in [0.3, 0.4) is 0 Å². The molecule has 2 N–H and O–H groups in total. The summed E-state index contributed by atoms with van der Waals surface area (Å²) in [5, 5.41) is 16.9. The Hall–Kier alpha value is -2.98. The highest BCUT2D eigenvalue weighted by Gasteiger charge is 2.38. The van der Waals surface area contributed by atoms with E-state index in [1.807, 2.05) is 18.2 Å². The molecule has 1 aliphatic rings. The molecule has 2 heterocycles. The fraction of sp³-hybridized carbons (Fsp3) is 0.381. The topological polar surface area (TPSA) is 76.9 Å². The Morgan fingerprint density at radius 1 is 1.19 bits per heavy atom. The Labute approximate surface area is 177 Å². The second-order valence-electron chi connectivity index (χ2n) is 7.38. The molecule has 0 aliphatic carbocycles. The van der Waals surface area contributed by atoms with E-state index in [9.17, 15) is 13.2 Å². The Balaban J connectivity index is 1.57. The van der Waals surface area contributed by atoms with Gasteiger partial charge in [-0.05, 0) is 53.6 Å². The minimum atomic E-state index is -4.65. The van der Waals surface area contributed by atoms with Crippen molar-refractivity contribution in [2.75, 3.05) is 13.7 Å². The summed E-state index contributed by atoms with van der Waals surface area (Å²) >= 11 is 0. The summed E-state index contributed by atoms with van der Waals surface area (Å²) < 4.78 is 45.7. The lowest BCUT2D eigenvalue weighted by Gasteiger charge is -2.34. The number of benzene rings is 2. The first-order chi connectivity index (χ1) is 15.0. The third kappa shape index (κ3) is 4.70. The zero-order valence-corrected chi connectivity index (χ0v) is 16.9. The first-order valence-electron chi connectivity index (χ1n) is 10.0. The molecule has 0 bridgehead atoms. The van der Waals surface area contributed by atoms with E-state index in [0.29, 0.717) is 17.0 Å². The van der Waals surface area contributed by atoms with Gasteiger partial charge in [-0.1, -0.05) is 30.3 Å². The Morgan fingerprint density at radius 3 is 2.74 bits per heavy atom. The average molecular weight is 432 g/mol. The number of nitrogens with zero attached hydrogens (tertiary/aromatic N) is 4. The van der Waals surface area contributed by atoms with E-state index < -0.39 is 12.0 Å². The Morgan fingerprint density at radius 2 is 2.00 bits per heavy atom. The van der Waals surface area contributed by atoms with Gasteiger partial charge in [0, 0.05) is 24.2 Å². The van der Waals surface area contributed by atoms with Crippen LogP contribution in [0, 0.1) is 0 Å². The van der Waals surface area contributed by atoms with E-state index in [4.69, 9.17) is 4.74 Å². The maximum Gasteiger partial charge on any atom is 0.453 e. The van der Waals surface area contributed by atoms with E-state index in [0.717, 1.165) is 24.9 Å². The molecule has 1 aromatic heterocycles. The van der Waals surface area contributed by atoms with Crippen molar-refractivity contribution in [1.82, 2.24) is 30.8 Å². The molecule has 164 valence electrons. The number of tetrazole rings is 1. The first kappa shape index (κ1) is 21.3. The van der Waals surface area contributed by atoms with Gasteiger partial charge in [0.05, 0.1) is 12.8 Å². The van der Waals surface area contributed by atoms with Crippen LogP contribution in [0.4, 0.5) is 13.2 Å². The summed E-state index contributed by atoms with van der Waals surface area (Å²) in [6.07, 6.45) is -2.63. The minimum Gasteiger partial charge on any atom is -0.496 e. The van der Waals surface area contributed by atoms with Crippen molar-refractivity contribution in [1.29, 1.82) is 0 Å². The van der Waals surface area contributed by atoms with Gasteiger partial charge in [-0.2, -0.15) is 17.9 Å². The molecule has 10 heteroatoms. The van der Waals surface area contributed by atoms with Crippen molar-refractivity contribution in [3.8, 4) is 11.4 Å². The molecular weight excluding hydrogens is 409 g/mol. The van der Waals surface area contributed by atoms with Crippen molar-refractivity contribution in [3.05, 3.63) is 65.5 Å². The number of hydrogen-bond donors (Lipinski definition) is 2. The lowest BCUT2D eigenvalue weighted by Crippen LogP contribution is -2.45. The van der Waals surface area contributed by atoms with Crippen LogP contribution in [0.5, 0.6) is 5.75 Å². The van der Waals surface area contributed by atoms with E-state index in [2.05, 4.69) is 38.3 Å². The number of piperidine rings is 1. The molecule has 2 aromatic carbocycles. The van der Waals surface area contributed by atoms with Crippen molar-refractivity contribution in [2.24, 2.45) is 0 Å². The van der Waals surface area contributed by atoms with Crippen LogP contribution < -0.4 is 15.4 Å². The van der Waals surface area contributed by atoms with Crippen molar-refractivity contribution < 1.29 is 17.9 Å². The third-order valence-corrected chi connectivity index (χ3v) is 5.40. The zero-order chi connectivity index (χ0) is 21.8. The number of aromatic nitrogens is 4. The fourth-order valence-corrected chi connectivity index (χ4v) is 3.93. The summed E-state index contributed by atoms with van der Waals surface area (Å²) in [5.74, 6) is -0.588. The predicted octanol–water partition coefficient (Wildman–Crippen LogP) is 3.27. The SMILES string of the molecule is COc1ccc(-n2nnnc2C(F)(F)F)cc1CN[C@H]1CCCNC1c1ccccc1. The highest BCUT2D eigenvalue weighted by atomic mass is 19.4. The van der Waals surface area contributed by atoms with Gasteiger partial charge in [-0.3, -0.25) is 0 Å². The number of alkyl halides is 3. The van der Waals surface area contributed by atoms with Gasteiger partial charge in [-0.25, -0.2) is 0 Å². The van der Waals surface area contributed by atoms with Gasteiger partial charge in [0.25, 0.3) is 5.82 Å². The van der Waals surface area contributed by atoms with Crippen LogP contribution in [0.2, 0.25) is 0 Å².